The van der Waals surface area contributed by atoms with Gasteiger partial charge < -0.3 is 0 Å². The molecule has 0 aliphatic rings. The Kier molecular flexibility index (Phi) is 8.64. The van der Waals surface area contributed by atoms with E-state index in [2.05, 4.69) is 32.9 Å². The van der Waals surface area contributed by atoms with Crippen molar-refractivity contribution >= 4 is 0 Å². The first kappa shape index (κ1) is 11.7. The van der Waals surface area contributed by atoms with Crippen LogP contribution in [0.3, 0.4) is 0 Å². The molecule has 0 unspecified atom stereocenters. The van der Waals surface area contributed by atoms with Crippen LogP contribution in [0.2, 0.25) is 0 Å². The van der Waals surface area contributed by atoms with E-state index >= 15 is 0 Å². The van der Waals surface area contributed by atoms with Gasteiger partial charge in [0.05, 0.1) is 0 Å². The Balaban J connectivity index is 3.54. The van der Waals surface area contributed by atoms with E-state index in [9.17, 15) is 0 Å². The van der Waals surface area contributed by atoms with Crippen molar-refractivity contribution in [3.8, 4) is 0 Å². The lowest BCUT2D eigenvalue weighted by molar-refractivity contribution is 0.497. The monoisotopic (exact) mass is 168 g/mol. The standard InChI is InChI=1S/C12H24/c1-4-7-10-12(9-6-3)11-8-5-2/h6,9,12H,4-5,7-8,10-11H2,1-3H3/b9-6+. The summed E-state index contributed by atoms with van der Waals surface area (Å²) in [4.78, 5) is 0. The molecule has 0 heteroatoms. The summed E-state index contributed by atoms with van der Waals surface area (Å²) in [5, 5.41) is 0. The summed E-state index contributed by atoms with van der Waals surface area (Å²) in [6.45, 7) is 6.67. The molecule has 0 aliphatic carbocycles. The molecule has 0 aromatic rings. The zero-order valence-corrected chi connectivity index (χ0v) is 8.97. The summed E-state index contributed by atoms with van der Waals surface area (Å²) in [5.74, 6) is 0.856. The predicted octanol–water partition coefficient (Wildman–Crippen LogP) is 4.56. The quantitative estimate of drug-likeness (QED) is 0.489. The van der Waals surface area contributed by atoms with Crippen molar-refractivity contribution in [2.45, 2.75) is 59.3 Å². The lowest BCUT2D eigenvalue weighted by atomic mass is 9.96. The van der Waals surface area contributed by atoms with E-state index in [0.29, 0.717) is 0 Å². The second-order valence-corrected chi connectivity index (χ2v) is 3.57. The van der Waals surface area contributed by atoms with Crippen molar-refractivity contribution in [2.75, 3.05) is 0 Å². The molecule has 12 heavy (non-hydrogen) atoms. The van der Waals surface area contributed by atoms with Gasteiger partial charge in [0, 0.05) is 0 Å². The maximum absolute atomic E-state index is 2.38. The Morgan fingerprint density at radius 3 is 1.83 bits per heavy atom. The fourth-order valence-electron chi connectivity index (χ4n) is 1.54. The molecule has 0 amide bonds. The molecule has 0 saturated heterocycles. The molecule has 0 spiro atoms. The number of unbranched alkanes of at least 4 members (excludes halogenated alkanes) is 2. The van der Waals surface area contributed by atoms with E-state index in [0.717, 1.165) is 5.92 Å². The lowest BCUT2D eigenvalue weighted by Crippen LogP contribution is -1.95. The van der Waals surface area contributed by atoms with E-state index in [4.69, 9.17) is 0 Å². The van der Waals surface area contributed by atoms with Crippen molar-refractivity contribution in [2.24, 2.45) is 5.92 Å². The van der Waals surface area contributed by atoms with Crippen molar-refractivity contribution in [3.05, 3.63) is 12.2 Å². The minimum absolute atomic E-state index is 0.856. The largest absolute Gasteiger partial charge is 0.0914 e. The lowest BCUT2D eigenvalue weighted by Gasteiger charge is -2.10. The van der Waals surface area contributed by atoms with Gasteiger partial charge in [0.25, 0.3) is 0 Å². The highest BCUT2D eigenvalue weighted by atomic mass is 14.1. The Morgan fingerprint density at radius 2 is 1.50 bits per heavy atom. The molecule has 0 aromatic carbocycles. The molecule has 0 atom stereocenters. The fraction of sp³-hybridized carbons (Fsp3) is 0.833. The third kappa shape index (κ3) is 6.45. The Bertz CT molecular complexity index is 94.6. The van der Waals surface area contributed by atoms with Gasteiger partial charge in [-0.25, -0.2) is 0 Å². The minimum atomic E-state index is 0.856. The highest BCUT2D eigenvalue weighted by Gasteiger charge is 2.02. The van der Waals surface area contributed by atoms with Crippen LogP contribution in [0.5, 0.6) is 0 Å². The van der Waals surface area contributed by atoms with E-state index in [1.807, 2.05) is 0 Å². The van der Waals surface area contributed by atoms with Crippen LogP contribution in [0, 0.1) is 5.92 Å². The van der Waals surface area contributed by atoms with Gasteiger partial charge in [0.15, 0.2) is 0 Å². The third-order valence-corrected chi connectivity index (χ3v) is 2.32. The molecule has 0 nitrogen and oxygen atoms in total. The maximum atomic E-state index is 2.38. The maximum Gasteiger partial charge on any atom is -0.0234 e. The predicted molar refractivity (Wildman–Crippen MR) is 57.4 cm³/mol. The molecule has 0 aliphatic heterocycles. The normalized spacial score (nSPS) is 11.7. The zero-order chi connectivity index (χ0) is 9.23. The van der Waals surface area contributed by atoms with Crippen molar-refractivity contribution in [1.82, 2.24) is 0 Å². The third-order valence-electron chi connectivity index (χ3n) is 2.32. The fourth-order valence-corrected chi connectivity index (χ4v) is 1.54. The molecular weight excluding hydrogens is 144 g/mol. The van der Waals surface area contributed by atoms with Crippen LogP contribution >= 0.6 is 0 Å². The number of allylic oxidation sites excluding steroid dienone is 2. The smallest absolute Gasteiger partial charge is 0.0234 e. The summed E-state index contributed by atoms with van der Waals surface area (Å²) in [5.41, 5.74) is 0. The van der Waals surface area contributed by atoms with Gasteiger partial charge in [-0.3, -0.25) is 0 Å². The van der Waals surface area contributed by atoms with Crippen LogP contribution in [0.1, 0.15) is 59.3 Å². The van der Waals surface area contributed by atoms with E-state index in [1.165, 1.54) is 38.5 Å². The molecule has 0 saturated carbocycles. The molecule has 0 aromatic heterocycles. The van der Waals surface area contributed by atoms with Gasteiger partial charge >= 0.3 is 0 Å². The van der Waals surface area contributed by atoms with Crippen LogP contribution in [-0.4, -0.2) is 0 Å². The van der Waals surface area contributed by atoms with Crippen LogP contribution in [0.25, 0.3) is 0 Å². The first-order chi connectivity index (χ1) is 5.85. The average Bonchev–Trinajstić information content (AvgIpc) is 2.10. The minimum Gasteiger partial charge on any atom is -0.0914 e. The number of hydrogen-bond donors (Lipinski definition) is 0. The molecule has 0 fully saturated rings. The summed E-state index contributed by atoms with van der Waals surface area (Å²) >= 11 is 0. The second-order valence-electron chi connectivity index (χ2n) is 3.57. The van der Waals surface area contributed by atoms with Gasteiger partial charge in [0.1, 0.15) is 0 Å². The van der Waals surface area contributed by atoms with E-state index in [1.54, 1.807) is 0 Å². The first-order valence-electron chi connectivity index (χ1n) is 5.47. The summed E-state index contributed by atoms with van der Waals surface area (Å²) in [6.07, 6.45) is 12.8. The van der Waals surface area contributed by atoms with Crippen molar-refractivity contribution in [3.63, 3.8) is 0 Å². The molecule has 0 radical (unpaired) electrons. The molecule has 0 N–H and O–H groups in total. The molecule has 0 bridgehead atoms. The Hall–Kier alpha value is -0.260. The highest BCUT2D eigenvalue weighted by molar-refractivity contribution is 4.85. The average molecular weight is 168 g/mol. The van der Waals surface area contributed by atoms with Crippen molar-refractivity contribution in [1.29, 1.82) is 0 Å². The zero-order valence-electron chi connectivity index (χ0n) is 8.97. The van der Waals surface area contributed by atoms with Gasteiger partial charge in [0.2, 0.25) is 0 Å². The summed E-state index contributed by atoms with van der Waals surface area (Å²) in [7, 11) is 0. The summed E-state index contributed by atoms with van der Waals surface area (Å²) < 4.78 is 0. The SMILES string of the molecule is C/C=C/C(CCCC)CCCC. The Labute approximate surface area is 78.1 Å². The van der Waals surface area contributed by atoms with Crippen LogP contribution < -0.4 is 0 Å². The van der Waals surface area contributed by atoms with E-state index in [-0.39, 0.29) is 0 Å². The van der Waals surface area contributed by atoms with Gasteiger partial charge in [-0.2, -0.15) is 0 Å². The Morgan fingerprint density at radius 1 is 1.00 bits per heavy atom. The number of hydrogen-bond acceptors (Lipinski definition) is 0. The van der Waals surface area contributed by atoms with Gasteiger partial charge in [-0.05, 0) is 25.7 Å². The first-order valence-corrected chi connectivity index (χ1v) is 5.47. The van der Waals surface area contributed by atoms with E-state index < -0.39 is 0 Å². The summed E-state index contributed by atoms with van der Waals surface area (Å²) in [6, 6.07) is 0. The van der Waals surface area contributed by atoms with Gasteiger partial charge in [-0.1, -0.05) is 51.7 Å². The van der Waals surface area contributed by atoms with Crippen LogP contribution in [-0.2, 0) is 0 Å². The van der Waals surface area contributed by atoms with Crippen LogP contribution in [0.15, 0.2) is 12.2 Å². The van der Waals surface area contributed by atoms with Crippen LogP contribution in [0.4, 0.5) is 0 Å². The highest BCUT2D eigenvalue weighted by Crippen LogP contribution is 2.17. The molecular formula is C12H24. The number of rotatable bonds is 7. The second kappa shape index (κ2) is 8.83. The van der Waals surface area contributed by atoms with Crippen molar-refractivity contribution < 1.29 is 0 Å². The topological polar surface area (TPSA) is 0 Å². The molecule has 0 heterocycles. The molecule has 0 rings (SSSR count). The molecule has 72 valence electrons. The van der Waals surface area contributed by atoms with Gasteiger partial charge in [-0.15, -0.1) is 0 Å².